The fourth-order valence-corrected chi connectivity index (χ4v) is 3.59. The van der Waals surface area contributed by atoms with Crippen LogP contribution in [-0.2, 0) is 0 Å². The molecule has 0 aromatic carbocycles. The number of carbonyl (C=O) groups excluding carboxylic acids is 1. The van der Waals surface area contributed by atoms with E-state index in [0.717, 1.165) is 17.4 Å². The highest BCUT2D eigenvalue weighted by Crippen LogP contribution is 2.41. The molecule has 0 atom stereocenters. The van der Waals surface area contributed by atoms with Crippen LogP contribution in [0.15, 0.2) is 13.6 Å². The van der Waals surface area contributed by atoms with E-state index >= 15 is 0 Å². The summed E-state index contributed by atoms with van der Waals surface area (Å²) in [7, 11) is 0. The number of hydrogen-bond acceptors (Lipinski definition) is 2. The van der Waals surface area contributed by atoms with Crippen LogP contribution < -0.4 is 0 Å². The smallest absolute Gasteiger partial charge is 0.287 e. The summed E-state index contributed by atoms with van der Waals surface area (Å²) in [5, 5.41) is 0. The summed E-state index contributed by atoms with van der Waals surface area (Å²) in [6.07, 6.45) is -5.89. The Balaban J connectivity index is 3.17. The first kappa shape index (κ1) is 14.0. The predicted molar refractivity (Wildman–Crippen MR) is 55.1 cm³/mol. The molecule has 0 radical (unpaired) electrons. The normalized spacial score (nSPS) is 12.9. The van der Waals surface area contributed by atoms with E-state index in [-0.39, 0.29) is 7.57 Å². The molecule has 1 aromatic heterocycles. The van der Waals surface area contributed by atoms with E-state index in [1.807, 2.05) is 0 Å². The standard InChI is InChI=1S/C7HBr2F5OS/c8-3-1-2(5(9)16-3)4(15)6(10,11)7(12,13)14/h1H. The zero-order chi connectivity index (χ0) is 12.7. The van der Waals surface area contributed by atoms with Crippen molar-refractivity contribution in [3.05, 3.63) is 19.2 Å². The summed E-state index contributed by atoms with van der Waals surface area (Å²) < 4.78 is 61.3. The van der Waals surface area contributed by atoms with E-state index in [2.05, 4.69) is 31.9 Å². The quantitative estimate of drug-likeness (QED) is 0.533. The van der Waals surface area contributed by atoms with E-state index in [1.54, 1.807) is 0 Å². The zero-order valence-electron chi connectivity index (χ0n) is 7.04. The SMILES string of the molecule is O=C(c1cc(Br)sc1Br)C(F)(F)C(F)(F)F. The van der Waals surface area contributed by atoms with Gasteiger partial charge in [-0.15, -0.1) is 11.3 Å². The number of Topliss-reactive ketones (excluding diaryl/α,β-unsaturated/α-hetero) is 1. The first-order valence-electron chi connectivity index (χ1n) is 3.51. The third kappa shape index (κ3) is 2.45. The van der Waals surface area contributed by atoms with E-state index in [4.69, 9.17) is 0 Å². The molecule has 0 N–H and O–H groups in total. The van der Waals surface area contributed by atoms with Gasteiger partial charge in [0.2, 0.25) is 5.78 Å². The lowest BCUT2D eigenvalue weighted by atomic mass is 10.1. The maximum atomic E-state index is 12.7. The molecule has 9 heteroatoms. The van der Waals surface area contributed by atoms with Crippen molar-refractivity contribution in [2.75, 3.05) is 0 Å². The topological polar surface area (TPSA) is 17.1 Å². The van der Waals surface area contributed by atoms with Crippen molar-refractivity contribution in [1.82, 2.24) is 0 Å². The highest BCUT2D eigenvalue weighted by molar-refractivity contribution is 9.12. The summed E-state index contributed by atoms with van der Waals surface area (Å²) in [6.45, 7) is 0. The Labute approximate surface area is 107 Å². The summed E-state index contributed by atoms with van der Waals surface area (Å²) in [5.41, 5.74) is -0.695. The highest BCUT2D eigenvalue weighted by Gasteiger charge is 2.63. The number of rotatable bonds is 2. The van der Waals surface area contributed by atoms with Gasteiger partial charge in [-0.3, -0.25) is 4.79 Å². The Morgan fingerprint density at radius 2 is 1.69 bits per heavy atom. The minimum absolute atomic E-state index is 0.0756. The second-order valence-electron chi connectivity index (χ2n) is 2.64. The van der Waals surface area contributed by atoms with Crippen molar-refractivity contribution < 1.29 is 26.7 Å². The molecule has 0 aliphatic carbocycles. The predicted octanol–water partition coefficient (Wildman–Crippen LogP) is 4.65. The third-order valence-electron chi connectivity index (χ3n) is 1.54. The fraction of sp³-hybridized carbons (Fsp3) is 0.286. The Hall–Kier alpha value is -0.0200. The van der Waals surface area contributed by atoms with E-state index in [0.29, 0.717) is 0 Å². The van der Waals surface area contributed by atoms with Crippen LogP contribution in [0.3, 0.4) is 0 Å². The van der Waals surface area contributed by atoms with Gasteiger partial charge in [-0.1, -0.05) is 0 Å². The third-order valence-corrected chi connectivity index (χ3v) is 3.88. The lowest BCUT2D eigenvalue weighted by Gasteiger charge is -2.17. The molecule has 0 bridgehead atoms. The molecular weight excluding hydrogens is 387 g/mol. The molecule has 1 aromatic rings. The Morgan fingerprint density at radius 3 is 2.00 bits per heavy atom. The van der Waals surface area contributed by atoms with Crippen LogP contribution in [0, 0.1) is 0 Å². The van der Waals surface area contributed by atoms with Crippen LogP contribution in [0.2, 0.25) is 0 Å². The number of halogens is 7. The average Bonchev–Trinajstić information content (AvgIpc) is 2.41. The van der Waals surface area contributed by atoms with Crippen molar-refractivity contribution >= 4 is 49.0 Å². The number of alkyl halides is 5. The van der Waals surface area contributed by atoms with Crippen molar-refractivity contribution in [2.24, 2.45) is 0 Å². The molecule has 0 aliphatic heterocycles. The second-order valence-corrected chi connectivity index (χ2v) is 6.39. The zero-order valence-corrected chi connectivity index (χ0v) is 11.0. The monoisotopic (exact) mass is 386 g/mol. The molecule has 1 nitrogen and oxygen atoms in total. The molecule has 1 heterocycles. The summed E-state index contributed by atoms with van der Waals surface area (Å²) in [6, 6.07) is 0.913. The number of carbonyl (C=O) groups is 1. The lowest BCUT2D eigenvalue weighted by Crippen LogP contribution is -2.44. The van der Waals surface area contributed by atoms with Gasteiger partial charge in [0.1, 0.15) is 0 Å². The van der Waals surface area contributed by atoms with Crippen molar-refractivity contribution in [3.63, 3.8) is 0 Å². The summed E-state index contributed by atoms with van der Waals surface area (Å²) >= 11 is 6.46. The Bertz CT molecular complexity index is 425. The van der Waals surface area contributed by atoms with Crippen LogP contribution in [0.5, 0.6) is 0 Å². The molecule has 16 heavy (non-hydrogen) atoms. The van der Waals surface area contributed by atoms with Gasteiger partial charge in [0.25, 0.3) is 0 Å². The molecule has 0 saturated carbocycles. The first-order valence-corrected chi connectivity index (χ1v) is 5.92. The van der Waals surface area contributed by atoms with Gasteiger partial charge in [0, 0.05) is 0 Å². The van der Waals surface area contributed by atoms with Crippen LogP contribution in [0.4, 0.5) is 22.0 Å². The molecule has 0 amide bonds. The molecule has 1 rings (SSSR count). The van der Waals surface area contributed by atoms with Crippen LogP contribution in [0.25, 0.3) is 0 Å². The number of hydrogen-bond donors (Lipinski definition) is 0. The summed E-state index contributed by atoms with van der Waals surface area (Å²) in [5.74, 6) is -7.65. The van der Waals surface area contributed by atoms with E-state index in [9.17, 15) is 26.7 Å². The number of thiophene rings is 1. The lowest BCUT2D eigenvalue weighted by molar-refractivity contribution is -0.255. The average molecular weight is 388 g/mol. The first-order chi connectivity index (χ1) is 7.07. The Morgan fingerprint density at radius 1 is 1.19 bits per heavy atom. The minimum Gasteiger partial charge on any atom is -0.287 e. The molecule has 0 spiro atoms. The van der Waals surface area contributed by atoms with Gasteiger partial charge in [-0.2, -0.15) is 22.0 Å². The van der Waals surface area contributed by atoms with Crippen molar-refractivity contribution in [2.45, 2.75) is 12.1 Å². The van der Waals surface area contributed by atoms with Crippen LogP contribution >= 0.6 is 43.2 Å². The molecule has 0 unspecified atom stereocenters. The van der Waals surface area contributed by atoms with Crippen LogP contribution in [0.1, 0.15) is 10.4 Å². The molecule has 0 aliphatic rings. The molecule has 90 valence electrons. The Kier molecular flexibility index (Phi) is 3.81. The van der Waals surface area contributed by atoms with Gasteiger partial charge in [-0.25, -0.2) is 0 Å². The van der Waals surface area contributed by atoms with Crippen LogP contribution in [-0.4, -0.2) is 17.9 Å². The van der Waals surface area contributed by atoms with E-state index < -0.39 is 23.4 Å². The van der Waals surface area contributed by atoms with Gasteiger partial charge in [0.05, 0.1) is 13.1 Å². The minimum atomic E-state index is -5.89. The van der Waals surface area contributed by atoms with Crippen molar-refractivity contribution in [3.8, 4) is 0 Å². The van der Waals surface area contributed by atoms with Gasteiger partial charge in [0.15, 0.2) is 0 Å². The largest absolute Gasteiger partial charge is 0.461 e. The highest BCUT2D eigenvalue weighted by atomic mass is 79.9. The molecular formula is C7HBr2F5OS. The van der Waals surface area contributed by atoms with E-state index in [1.165, 1.54) is 0 Å². The maximum Gasteiger partial charge on any atom is 0.461 e. The van der Waals surface area contributed by atoms with Crippen molar-refractivity contribution in [1.29, 1.82) is 0 Å². The summed E-state index contributed by atoms with van der Waals surface area (Å²) in [4.78, 5) is 11.0. The molecule has 0 fully saturated rings. The fourth-order valence-electron chi connectivity index (χ4n) is 0.793. The molecule has 0 saturated heterocycles. The van der Waals surface area contributed by atoms with Gasteiger partial charge >= 0.3 is 12.1 Å². The van der Waals surface area contributed by atoms with Gasteiger partial charge in [-0.05, 0) is 37.9 Å². The van der Waals surface area contributed by atoms with Gasteiger partial charge < -0.3 is 0 Å². The number of ketones is 1. The maximum absolute atomic E-state index is 12.7. The second kappa shape index (κ2) is 4.34.